The highest BCUT2D eigenvalue weighted by molar-refractivity contribution is 5.76. The number of esters is 3. The second-order valence-corrected chi connectivity index (χ2v) is 4.87. The molecule has 0 aliphatic rings. The molecule has 0 rings (SSSR count). The summed E-state index contributed by atoms with van der Waals surface area (Å²) < 4.78 is 14.9. The van der Waals surface area contributed by atoms with Gasteiger partial charge in [-0.3, -0.25) is 19.2 Å². The lowest BCUT2D eigenvalue weighted by Crippen LogP contribution is -2.31. The summed E-state index contributed by atoms with van der Waals surface area (Å²) in [5.74, 6) is -2.77. The zero-order valence-corrected chi connectivity index (χ0v) is 13.5. The molecule has 0 amide bonds. The van der Waals surface area contributed by atoms with Crippen LogP contribution in [0.25, 0.3) is 0 Å². The summed E-state index contributed by atoms with van der Waals surface area (Å²) in [5, 5.41) is 8.52. The first-order valence-electron chi connectivity index (χ1n) is 7.61. The molecule has 0 aromatic heterocycles. The van der Waals surface area contributed by atoms with Gasteiger partial charge in [0.2, 0.25) is 0 Å². The lowest BCUT2D eigenvalue weighted by molar-refractivity contribution is -0.167. The molecule has 0 fully saturated rings. The molecule has 0 aliphatic heterocycles. The van der Waals surface area contributed by atoms with Crippen LogP contribution in [0.15, 0.2) is 0 Å². The fourth-order valence-corrected chi connectivity index (χ4v) is 1.49. The number of hydrogen-bond acceptors (Lipinski definition) is 7. The normalized spacial score (nSPS) is 10.2. The molecule has 23 heavy (non-hydrogen) atoms. The van der Waals surface area contributed by atoms with Crippen molar-refractivity contribution in [2.45, 2.75) is 58.5 Å². The van der Waals surface area contributed by atoms with Crippen LogP contribution in [-0.4, -0.2) is 48.3 Å². The molecule has 0 aromatic carbocycles. The highest BCUT2D eigenvalue weighted by atomic mass is 16.6. The summed E-state index contributed by atoms with van der Waals surface area (Å²) >= 11 is 0. The summed E-state index contributed by atoms with van der Waals surface area (Å²) in [6.45, 7) is 3.16. The van der Waals surface area contributed by atoms with Gasteiger partial charge in [0.25, 0.3) is 0 Å². The Morgan fingerprint density at radius 1 is 0.783 bits per heavy atom. The zero-order valence-electron chi connectivity index (χ0n) is 13.5. The number of rotatable bonds is 12. The molecule has 0 radical (unpaired) electrons. The van der Waals surface area contributed by atoms with Gasteiger partial charge in [-0.05, 0) is 12.8 Å². The Bertz CT molecular complexity index is 382. The molecule has 0 spiro atoms. The number of aliphatic carboxylic acids is 1. The molecule has 0 saturated heterocycles. The van der Waals surface area contributed by atoms with Crippen molar-refractivity contribution in [1.82, 2.24) is 0 Å². The monoisotopic (exact) mass is 332 g/mol. The maximum atomic E-state index is 11.5. The van der Waals surface area contributed by atoms with Crippen molar-refractivity contribution >= 4 is 23.9 Å². The molecule has 132 valence electrons. The third-order valence-electron chi connectivity index (χ3n) is 2.61. The SMILES string of the molecule is CCCC(=O)OCC(COC(=O)CCC)OC(=O)CCC(=O)O. The number of ether oxygens (including phenoxy) is 3. The van der Waals surface area contributed by atoms with Crippen molar-refractivity contribution in [3.05, 3.63) is 0 Å². The van der Waals surface area contributed by atoms with E-state index >= 15 is 0 Å². The van der Waals surface area contributed by atoms with Gasteiger partial charge in [0, 0.05) is 12.8 Å². The Kier molecular flexibility index (Phi) is 11.3. The van der Waals surface area contributed by atoms with Gasteiger partial charge in [-0.2, -0.15) is 0 Å². The zero-order chi connectivity index (χ0) is 17.7. The van der Waals surface area contributed by atoms with Crippen LogP contribution in [0, 0.1) is 0 Å². The molecule has 0 aliphatic carbocycles. The highest BCUT2D eigenvalue weighted by Gasteiger charge is 2.19. The van der Waals surface area contributed by atoms with Crippen LogP contribution < -0.4 is 0 Å². The van der Waals surface area contributed by atoms with E-state index in [0.717, 1.165) is 0 Å². The topological polar surface area (TPSA) is 116 Å². The Labute approximate surface area is 135 Å². The number of carbonyl (C=O) groups is 4. The average molecular weight is 332 g/mol. The van der Waals surface area contributed by atoms with Crippen molar-refractivity contribution in [2.24, 2.45) is 0 Å². The lowest BCUT2D eigenvalue weighted by atomic mass is 10.3. The van der Waals surface area contributed by atoms with Gasteiger partial charge in [0.05, 0.1) is 12.8 Å². The van der Waals surface area contributed by atoms with Gasteiger partial charge in [-0.25, -0.2) is 0 Å². The van der Waals surface area contributed by atoms with Crippen LogP contribution in [0.3, 0.4) is 0 Å². The maximum Gasteiger partial charge on any atom is 0.306 e. The summed E-state index contributed by atoms with van der Waals surface area (Å²) in [6.07, 6.45) is 0.0812. The molecular formula is C15H24O8. The van der Waals surface area contributed by atoms with E-state index < -0.39 is 30.0 Å². The minimum Gasteiger partial charge on any atom is -0.481 e. The first-order chi connectivity index (χ1) is 10.9. The van der Waals surface area contributed by atoms with Gasteiger partial charge in [-0.1, -0.05) is 13.8 Å². The fraction of sp³-hybridized carbons (Fsp3) is 0.733. The largest absolute Gasteiger partial charge is 0.481 e. The van der Waals surface area contributed by atoms with Gasteiger partial charge in [0.15, 0.2) is 6.10 Å². The predicted molar refractivity (Wildman–Crippen MR) is 78.5 cm³/mol. The molecule has 8 nitrogen and oxygen atoms in total. The molecule has 0 saturated carbocycles. The molecule has 0 aromatic rings. The Hall–Kier alpha value is -2.12. The van der Waals surface area contributed by atoms with Crippen LogP contribution in [0.1, 0.15) is 52.4 Å². The van der Waals surface area contributed by atoms with Crippen molar-refractivity contribution in [1.29, 1.82) is 0 Å². The summed E-state index contributed by atoms with van der Waals surface area (Å²) in [4.78, 5) is 44.6. The molecule has 1 N–H and O–H groups in total. The third kappa shape index (κ3) is 12.1. The van der Waals surface area contributed by atoms with Gasteiger partial charge >= 0.3 is 23.9 Å². The number of hydrogen-bond donors (Lipinski definition) is 1. The number of carbonyl (C=O) groups excluding carboxylic acids is 3. The fourth-order valence-electron chi connectivity index (χ4n) is 1.49. The van der Waals surface area contributed by atoms with E-state index in [0.29, 0.717) is 12.8 Å². The first kappa shape index (κ1) is 20.9. The molecule has 0 atom stereocenters. The van der Waals surface area contributed by atoms with Crippen molar-refractivity contribution in [3.8, 4) is 0 Å². The van der Waals surface area contributed by atoms with Crippen LogP contribution in [0.2, 0.25) is 0 Å². The third-order valence-corrected chi connectivity index (χ3v) is 2.61. The van der Waals surface area contributed by atoms with Gasteiger partial charge < -0.3 is 19.3 Å². The minimum atomic E-state index is -1.12. The van der Waals surface area contributed by atoms with Crippen LogP contribution in [0.4, 0.5) is 0 Å². The Balaban J connectivity index is 4.40. The van der Waals surface area contributed by atoms with Crippen molar-refractivity contribution in [2.75, 3.05) is 13.2 Å². The number of carboxylic acid groups (broad SMARTS) is 1. The van der Waals surface area contributed by atoms with Crippen molar-refractivity contribution < 1.29 is 38.5 Å². The smallest absolute Gasteiger partial charge is 0.306 e. The van der Waals surface area contributed by atoms with E-state index in [1.807, 2.05) is 13.8 Å². The standard InChI is InChI=1S/C15H24O8/c1-3-5-13(18)21-9-11(10-22-14(19)6-4-2)23-15(20)8-7-12(16)17/h11H,3-10H2,1-2H3,(H,16,17). The summed E-state index contributed by atoms with van der Waals surface area (Å²) in [7, 11) is 0. The minimum absolute atomic E-state index is 0.231. The highest BCUT2D eigenvalue weighted by Crippen LogP contribution is 2.04. The second-order valence-electron chi connectivity index (χ2n) is 4.87. The molecule has 0 heterocycles. The maximum absolute atomic E-state index is 11.5. The van der Waals surface area contributed by atoms with E-state index in [4.69, 9.17) is 19.3 Å². The first-order valence-corrected chi connectivity index (χ1v) is 7.61. The van der Waals surface area contributed by atoms with E-state index in [-0.39, 0.29) is 38.9 Å². The van der Waals surface area contributed by atoms with E-state index in [2.05, 4.69) is 0 Å². The van der Waals surface area contributed by atoms with Crippen LogP contribution >= 0.6 is 0 Å². The quantitative estimate of drug-likeness (QED) is 0.421. The lowest BCUT2D eigenvalue weighted by Gasteiger charge is -2.18. The van der Waals surface area contributed by atoms with E-state index in [9.17, 15) is 19.2 Å². The summed E-state index contributed by atoms with van der Waals surface area (Å²) in [5.41, 5.74) is 0. The average Bonchev–Trinajstić information content (AvgIpc) is 2.48. The van der Waals surface area contributed by atoms with E-state index in [1.165, 1.54) is 0 Å². The molecule has 0 bridgehead atoms. The molecular weight excluding hydrogens is 308 g/mol. The van der Waals surface area contributed by atoms with E-state index in [1.54, 1.807) is 0 Å². The summed E-state index contributed by atoms with van der Waals surface area (Å²) in [6, 6.07) is 0. The predicted octanol–water partition coefficient (Wildman–Crippen LogP) is 1.45. The molecule has 0 unspecified atom stereocenters. The van der Waals surface area contributed by atoms with Gasteiger partial charge in [-0.15, -0.1) is 0 Å². The molecule has 8 heteroatoms. The van der Waals surface area contributed by atoms with Gasteiger partial charge in [0.1, 0.15) is 13.2 Å². The Morgan fingerprint density at radius 3 is 1.65 bits per heavy atom. The van der Waals surface area contributed by atoms with Crippen LogP contribution in [0.5, 0.6) is 0 Å². The number of carboxylic acids is 1. The Morgan fingerprint density at radius 2 is 1.26 bits per heavy atom. The van der Waals surface area contributed by atoms with Crippen LogP contribution in [-0.2, 0) is 33.4 Å². The second kappa shape index (κ2) is 12.4. The van der Waals surface area contributed by atoms with Crippen molar-refractivity contribution in [3.63, 3.8) is 0 Å².